The number of carbonyl (C=O) groups excluding carboxylic acids is 1. The van der Waals surface area contributed by atoms with E-state index in [2.05, 4.69) is 10.1 Å². The molecule has 0 radical (unpaired) electrons. The SMILES string of the molecule is O=C(C[NH+]1CCCC1)Nc1cccc(OC(F)(F)F)c1. The van der Waals surface area contributed by atoms with E-state index in [0.717, 1.165) is 32.0 Å². The van der Waals surface area contributed by atoms with Crippen molar-refractivity contribution in [1.29, 1.82) is 0 Å². The number of likely N-dealkylation sites (tertiary alicyclic amines) is 1. The van der Waals surface area contributed by atoms with Gasteiger partial charge in [-0.15, -0.1) is 13.2 Å². The van der Waals surface area contributed by atoms with Gasteiger partial charge in [-0.1, -0.05) is 6.07 Å². The Morgan fingerprint density at radius 3 is 2.65 bits per heavy atom. The predicted octanol–water partition coefficient (Wildman–Crippen LogP) is 1.20. The van der Waals surface area contributed by atoms with Gasteiger partial charge in [-0.25, -0.2) is 0 Å². The Balaban J connectivity index is 1.91. The molecule has 1 fully saturated rings. The van der Waals surface area contributed by atoms with Gasteiger partial charge in [-0.2, -0.15) is 0 Å². The molecular weight excluding hydrogens is 273 g/mol. The fourth-order valence-electron chi connectivity index (χ4n) is 2.25. The van der Waals surface area contributed by atoms with E-state index in [9.17, 15) is 18.0 Å². The summed E-state index contributed by atoms with van der Waals surface area (Å²) in [6.45, 7) is 2.26. The number of amides is 1. The van der Waals surface area contributed by atoms with E-state index in [1.54, 1.807) is 0 Å². The Kier molecular flexibility index (Phi) is 4.49. The maximum Gasteiger partial charge on any atom is 0.573 e. The van der Waals surface area contributed by atoms with Crippen LogP contribution < -0.4 is 15.0 Å². The minimum atomic E-state index is -4.73. The van der Waals surface area contributed by atoms with E-state index < -0.39 is 6.36 Å². The van der Waals surface area contributed by atoms with E-state index in [1.165, 1.54) is 23.1 Å². The molecule has 2 N–H and O–H groups in total. The van der Waals surface area contributed by atoms with Crippen LogP contribution in [0.15, 0.2) is 24.3 Å². The van der Waals surface area contributed by atoms with Crippen LogP contribution in [0.3, 0.4) is 0 Å². The number of carbonyl (C=O) groups is 1. The molecule has 0 aromatic heterocycles. The fourth-order valence-corrected chi connectivity index (χ4v) is 2.25. The normalized spacial score (nSPS) is 16.1. The first-order valence-corrected chi connectivity index (χ1v) is 6.41. The van der Waals surface area contributed by atoms with Crippen molar-refractivity contribution in [3.8, 4) is 5.75 Å². The lowest BCUT2D eigenvalue weighted by molar-refractivity contribution is -0.878. The van der Waals surface area contributed by atoms with Gasteiger partial charge >= 0.3 is 6.36 Å². The second kappa shape index (κ2) is 6.13. The molecule has 110 valence electrons. The minimum absolute atomic E-state index is 0.203. The predicted molar refractivity (Wildman–Crippen MR) is 66.6 cm³/mol. The molecule has 1 heterocycles. The van der Waals surface area contributed by atoms with Crippen LogP contribution in [0.25, 0.3) is 0 Å². The van der Waals surface area contributed by atoms with Gasteiger partial charge in [0.15, 0.2) is 6.54 Å². The monoisotopic (exact) mass is 289 g/mol. The molecule has 1 aromatic carbocycles. The Morgan fingerprint density at radius 1 is 1.30 bits per heavy atom. The first-order chi connectivity index (χ1) is 9.42. The van der Waals surface area contributed by atoms with Crippen LogP contribution in [-0.4, -0.2) is 31.9 Å². The summed E-state index contributed by atoms with van der Waals surface area (Å²) < 4.78 is 40.1. The van der Waals surface area contributed by atoms with Crippen LogP contribution in [0.1, 0.15) is 12.8 Å². The molecule has 0 unspecified atom stereocenters. The van der Waals surface area contributed by atoms with E-state index >= 15 is 0 Å². The lowest BCUT2D eigenvalue weighted by atomic mass is 10.3. The molecule has 7 heteroatoms. The number of anilines is 1. The van der Waals surface area contributed by atoms with Crippen LogP contribution in [0.4, 0.5) is 18.9 Å². The van der Waals surface area contributed by atoms with Gasteiger partial charge < -0.3 is 15.0 Å². The van der Waals surface area contributed by atoms with E-state index in [-0.39, 0.29) is 11.7 Å². The zero-order valence-electron chi connectivity index (χ0n) is 10.8. The third kappa shape index (κ3) is 4.73. The molecule has 1 saturated heterocycles. The smallest absolute Gasteiger partial charge is 0.406 e. The highest BCUT2D eigenvalue weighted by molar-refractivity contribution is 5.91. The van der Waals surface area contributed by atoms with Crippen LogP contribution in [0, 0.1) is 0 Å². The van der Waals surface area contributed by atoms with E-state index in [4.69, 9.17) is 0 Å². The van der Waals surface area contributed by atoms with Gasteiger partial charge in [0.2, 0.25) is 0 Å². The van der Waals surface area contributed by atoms with Crippen LogP contribution >= 0.6 is 0 Å². The highest BCUT2D eigenvalue weighted by Crippen LogP contribution is 2.24. The number of ether oxygens (including phenoxy) is 1. The largest absolute Gasteiger partial charge is 0.573 e. The first kappa shape index (κ1) is 14.6. The van der Waals surface area contributed by atoms with Crippen molar-refractivity contribution < 1.29 is 27.6 Å². The summed E-state index contributed by atoms with van der Waals surface area (Å²) in [5.74, 6) is -0.546. The summed E-state index contributed by atoms with van der Waals surface area (Å²) in [7, 11) is 0. The highest BCUT2D eigenvalue weighted by atomic mass is 19.4. The maximum atomic E-state index is 12.1. The molecule has 1 aliphatic heterocycles. The molecule has 1 aliphatic rings. The second-order valence-corrected chi connectivity index (χ2v) is 4.76. The minimum Gasteiger partial charge on any atom is -0.406 e. The average Bonchev–Trinajstić information content (AvgIpc) is 2.79. The number of quaternary nitrogens is 1. The molecule has 0 saturated carbocycles. The van der Waals surface area contributed by atoms with Gasteiger partial charge in [0.05, 0.1) is 13.1 Å². The Bertz CT molecular complexity index is 471. The summed E-state index contributed by atoms with van der Waals surface area (Å²) in [6.07, 6.45) is -2.52. The summed E-state index contributed by atoms with van der Waals surface area (Å²) in [6, 6.07) is 5.28. The van der Waals surface area contributed by atoms with Crippen LogP contribution in [-0.2, 0) is 4.79 Å². The van der Waals surface area contributed by atoms with E-state index in [0.29, 0.717) is 12.2 Å². The molecule has 4 nitrogen and oxygen atoms in total. The van der Waals surface area contributed by atoms with Gasteiger partial charge in [-0.05, 0) is 12.1 Å². The molecule has 2 rings (SSSR count). The van der Waals surface area contributed by atoms with Crippen molar-refractivity contribution in [1.82, 2.24) is 0 Å². The number of hydrogen-bond donors (Lipinski definition) is 2. The molecular formula is C13H16F3N2O2+. The van der Waals surface area contributed by atoms with Crippen molar-refractivity contribution in [2.24, 2.45) is 0 Å². The molecule has 1 aromatic rings. The fraction of sp³-hybridized carbons (Fsp3) is 0.462. The highest BCUT2D eigenvalue weighted by Gasteiger charge is 2.31. The van der Waals surface area contributed by atoms with Gasteiger partial charge in [0, 0.05) is 24.6 Å². The van der Waals surface area contributed by atoms with E-state index in [1.807, 2.05) is 0 Å². The van der Waals surface area contributed by atoms with Gasteiger partial charge in [0.1, 0.15) is 5.75 Å². The summed E-state index contributed by atoms with van der Waals surface area (Å²) in [5.41, 5.74) is 0.301. The number of benzene rings is 1. The Hall–Kier alpha value is -1.76. The molecule has 1 amide bonds. The van der Waals surface area contributed by atoms with Crippen molar-refractivity contribution in [2.75, 3.05) is 25.0 Å². The zero-order chi connectivity index (χ0) is 14.6. The van der Waals surface area contributed by atoms with Crippen molar-refractivity contribution in [2.45, 2.75) is 19.2 Å². The second-order valence-electron chi connectivity index (χ2n) is 4.76. The third-order valence-electron chi connectivity index (χ3n) is 3.07. The molecule has 0 aliphatic carbocycles. The molecule has 0 spiro atoms. The topological polar surface area (TPSA) is 42.8 Å². The Morgan fingerprint density at radius 2 is 2.00 bits per heavy atom. The van der Waals surface area contributed by atoms with Crippen molar-refractivity contribution >= 4 is 11.6 Å². The lowest BCUT2D eigenvalue weighted by Crippen LogP contribution is -3.11. The van der Waals surface area contributed by atoms with Crippen LogP contribution in [0.5, 0.6) is 5.75 Å². The van der Waals surface area contributed by atoms with Crippen molar-refractivity contribution in [3.05, 3.63) is 24.3 Å². The first-order valence-electron chi connectivity index (χ1n) is 6.41. The molecule has 0 bridgehead atoms. The summed E-state index contributed by atoms with van der Waals surface area (Å²) in [4.78, 5) is 13.0. The quantitative estimate of drug-likeness (QED) is 0.875. The number of halogens is 3. The Labute approximate surface area is 114 Å². The van der Waals surface area contributed by atoms with Crippen molar-refractivity contribution in [3.63, 3.8) is 0 Å². The number of nitrogens with one attached hydrogen (secondary N) is 2. The molecule has 0 atom stereocenters. The summed E-state index contributed by atoms with van der Waals surface area (Å²) >= 11 is 0. The van der Waals surface area contributed by atoms with Crippen LogP contribution in [0.2, 0.25) is 0 Å². The lowest BCUT2D eigenvalue weighted by Gasteiger charge is -2.13. The average molecular weight is 289 g/mol. The zero-order valence-corrected chi connectivity index (χ0v) is 10.8. The van der Waals surface area contributed by atoms with Gasteiger partial charge in [0.25, 0.3) is 5.91 Å². The number of rotatable bonds is 4. The number of hydrogen-bond acceptors (Lipinski definition) is 2. The standard InChI is InChI=1S/C13H15F3N2O2/c14-13(15,16)20-11-5-3-4-10(8-11)17-12(19)9-18-6-1-2-7-18/h3-5,8H,1-2,6-7,9H2,(H,17,19)/p+1. The third-order valence-corrected chi connectivity index (χ3v) is 3.07. The molecule has 20 heavy (non-hydrogen) atoms. The maximum absolute atomic E-state index is 12.1. The van der Waals surface area contributed by atoms with Gasteiger partial charge in [-0.3, -0.25) is 4.79 Å². The summed E-state index contributed by atoms with van der Waals surface area (Å²) in [5, 5.41) is 2.59. The number of alkyl halides is 3.